The molecule has 0 aliphatic carbocycles. The minimum absolute atomic E-state index is 0.0668. The van der Waals surface area contributed by atoms with Crippen molar-refractivity contribution in [2.75, 3.05) is 6.61 Å². The zero-order chi connectivity index (χ0) is 9.10. The van der Waals surface area contributed by atoms with Crippen LogP contribution in [0, 0.1) is 6.92 Å². The summed E-state index contributed by atoms with van der Waals surface area (Å²) in [7, 11) is 0. The fraction of sp³-hybridized carbons (Fsp3) is 0.500. The summed E-state index contributed by atoms with van der Waals surface area (Å²) in [6.45, 7) is 2.82. The maximum absolute atomic E-state index is 5.62. The third-order valence-electron chi connectivity index (χ3n) is 2.14. The van der Waals surface area contributed by atoms with Crippen LogP contribution in [0.3, 0.4) is 0 Å². The molecule has 1 aliphatic heterocycles. The second-order valence-corrected chi connectivity index (χ2v) is 3.20. The largest absolute Gasteiger partial charge is 0.463 e. The van der Waals surface area contributed by atoms with Gasteiger partial charge in [-0.25, -0.2) is 0 Å². The van der Waals surface area contributed by atoms with Crippen molar-refractivity contribution in [2.24, 2.45) is 0 Å². The minimum atomic E-state index is -0.0668. The van der Waals surface area contributed by atoms with Gasteiger partial charge in [-0.2, -0.15) is 0 Å². The highest BCUT2D eigenvalue weighted by Gasteiger charge is 2.17. The van der Waals surface area contributed by atoms with Gasteiger partial charge in [-0.1, -0.05) is 0 Å². The molecule has 1 fully saturated rings. The first kappa shape index (κ1) is 8.51. The topological polar surface area (TPSA) is 31.4 Å². The average Bonchev–Trinajstić information content (AvgIpc) is 2.61. The Hall–Kier alpha value is -1.09. The fourth-order valence-corrected chi connectivity index (χ4v) is 1.36. The molecule has 0 radical (unpaired) electrons. The van der Waals surface area contributed by atoms with Gasteiger partial charge in [-0.15, -0.1) is 0 Å². The lowest BCUT2D eigenvalue weighted by Crippen LogP contribution is -2.14. The van der Waals surface area contributed by atoms with E-state index in [1.165, 1.54) is 0 Å². The van der Waals surface area contributed by atoms with Crippen LogP contribution in [0.5, 0.6) is 5.75 Å². The monoisotopic (exact) mass is 179 g/mol. The van der Waals surface area contributed by atoms with Crippen LogP contribution in [0.4, 0.5) is 0 Å². The average molecular weight is 179 g/mol. The van der Waals surface area contributed by atoms with Crippen LogP contribution in [0.25, 0.3) is 0 Å². The summed E-state index contributed by atoms with van der Waals surface area (Å²) in [5.41, 5.74) is 1.10. The molecule has 0 amide bonds. The van der Waals surface area contributed by atoms with Gasteiger partial charge in [-0.3, -0.25) is 4.98 Å². The Morgan fingerprint density at radius 3 is 3.23 bits per heavy atom. The van der Waals surface area contributed by atoms with E-state index in [1.807, 2.05) is 13.0 Å². The van der Waals surface area contributed by atoms with Gasteiger partial charge in [0.15, 0.2) is 6.29 Å². The number of hydrogen-bond donors (Lipinski definition) is 0. The van der Waals surface area contributed by atoms with Crippen LogP contribution in [-0.2, 0) is 4.74 Å². The molecule has 1 aromatic heterocycles. The van der Waals surface area contributed by atoms with Crippen molar-refractivity contribution in [2.45, 2.75) is 26.1 Å². The molecule has 13 heavy (non-hydrogen) atoms. The first-order valence-corrected chi connectivity index (χ1v) is 4.55. The summed E-state index contributed by atoms with van der Waals surface area (Å²) >= 11 is 0. The molecule has 3 heteroatoms. The summed E-state index contributed by atoms with van der Waals surface area (Å²) in [5, 5.41) is 0. The number of aryl methyl sites for hydroxylation is 1. The smallest absolute Gasteiger partial charge is 0.199 e. The SMILES string of the molecule is Cc1ccncc1OC1CCCO1. The number of pyridine rings is 1. The van der Waals surface area contributed by atoms with Crippen molar-refractivity contribution < 1.29 is 9.47 Å². The van der Waals surface area contributed by atoms with Gasteiger partial charge in [0.25, 0.3) is 0 Å². The van der Waals surface area contributed by atoms with Gasteiger partial charge in [0.2, 0.25) is 0 Å². The zero-order valence-electron chi connectivity index (χ0n) is 7.69. The minimum Gasteiger partial charge on any atom is -0.463 e. The molecule has 0 spiro atoms. The Bertz CT molecular complexity index is 282. The molecule has 0 aromatic carbocycles. The maximum Gasteiger partial charge on any atom is 0.199 e. The summed E-state index contributed by atoms with van der Waals surface area (Å²) in [6, 6.07) is 1.93. The summed E-state index contributed by atoms with van der Waals surface area (Å²) in [6.07, 6.45) is 5.50. The highest BCUT2D eigenvalue weighted by Crippen LogP contribution is 2.21. The van der Waals surface area contributed by atoms with Crippen LogP contribution in [-0.4, -0.2) is 17.9 Å². The number of ether oxygens (including phenoxy) is 2. The number of nitrogens with zero attached hydrogens (tertiary/aromatic N) is 1. The van der Waals surface area contributed by atoms with Gasteiger partial charge in [0, 0.05) is 12.6 Å². The molecule has 2 rings (SSSR count). The highest BCUT2D eigenvalue weighted by molar-refractivity contribution is 5.27. The normalized spacial score (nSPS) is 21.8. The molecule has 3 nitrogen and oxygen atoms in total. The molecule has 1 aliphatic rings. The van der Waals surface area contributed by atoms with E-state index in [1.54, 1.807) is 12.4 Å². The van der Waals surface area contributed by atoms with Crippen LogP contribution < -0.4 is 4.74 Å². The molecule has 1 atom stereocenters. The van der Waals surface area contributed by atoms with Crippen LogP contribution in [0.2, 0.25) is 0 Å². The van der Waals surface area contributed by atoms with E-state index in [0.29, 0.717) is 0 Å². The van der Waals surface area contributed by atoms with E-state index in [2.05, 4.69) is 4.98 Å². The number of hydrogen-bond acceptors (Lipinski definition) is 3. The molecule has 0 bridgehead atoms. The predicted molar refractivity (Wildman–Crippen MR) is 48.6 cm³/mol. The molecule has 1 unspecified atom stereocenters. The standard InChI is InChI=1S/C10H13NO2/c1-8-4-5-11-7-9(8)13-10-3-2-6-12-10/h4-5,7,10H,2-3,6H2,1H3. The van der Waals surface area contributed by atoms with Gasteiger partial charge >= 0.3 is 0 Å². The Labute approximate surface area is 77.7 Å². The fourth-order valence-electron chi connectivity index (χ4n) is 1.36. The first-order valence-electron chi connectivity index (χ1n) is 4.55. The van der Waals surface area contributed by atoms with Crippen molar-refractivity contribution >= 4 is 0 Å². The summed E-state index contributed by atoms with van der Waals surface area (Å²) < 4.78 is 11.0. The quantitative estimate of drug-likeness (QED) is 0.694. The number of rotatable bonds is 2. The van der Waals surface area contributed by atoms with Crippen LogP contribution >= 0.6 is 0 Å². The molecule has 2 heterocycles. The maximum atomic E-state index is 5.62. The first-order chi connectivity index (χ1) is 6.36. The Morgan fingerprint density at radius 2 is 2.54 bits per heavy atom. The molecular weight excluding hydrogens is 166 g/mol. The van der Waals surface area contributed by atoms with Gasteiger partial charge in [-0.05, 0) is 25.0 Å². The Kier molecular flexibility index (Phi) is 2.45. The van der Waals surface area contributed by atoms with Gasteiger partial charge in [0.1, 0.15) is 5.75 Å². The van der Waals surface area contributed by atoms with E-state index in [9.17, 15) is 0 Å². The van der Waals surface area contributed by atoms with E-state index >= 15 is 0 Å². The molecule has 1 aromatic rings. The second-order valence-electron chi connectivity index (χ2n) is 3.20. The lowest BCUT2D eigenvalue weighted by Gasteiger charge is -2.13. The van der Waals surface area contributed by atoms with E-state index in [-0.39, 0.29) is 6.29 Å². The van der Waals surface area contributed by atoms with E-state index in [4.69, 9.17) is 9.47 Å². The van der Waals surface area contributed by atoms with E-state index in [0.717, 1.165) is 30.8 Å². The Balaban J connectivity index is 2.04. The van der Waals surface area contributed by atoms with Crippen molar-refractivity contribution in [1.82, 2.24) is 4.98 Å². The third kappa shape index (κ3) is 1.98. The molecule has 0 N–H and O–H groups in total. The van der Waals surface area contributed by atoms with Gasteiger partial charge < -0.3 is 9.47 Å². The lowest BCUT2D eigenvalue weighted by molar-refractivity contribution is -0.0396. The third-order valence-corrected chi connectivity index (χ3v) is 2.14. The lowest BCUT2D eigenvalue weighted by atomic mass is 10.3. The highest BCUT2D eigenvalue weighted by atomic mass is 16.7. The van der Waals surface area contributed by atoms with Crippen LogP contribution in [0.1, 0.15) is 18.4 Å². The van der Waals surface area contributed by atoms with Crippen molar-refractivity contribution in [1.29, 1.82) is 0 Å². The summed E-state index contributed by atoms with van der Waals surface area (Å²) in [4.78, 5) is 4.01. The van der Waals surface area contributed by atoms with Crippen molar-refractivity contribution in [3.63, 3.8) is 0 Å². The van der Waals surface area contributed by atoms with Gasteiger partial charge in [0.05, 0.1) is 12.8 Å². The molecule has 1 saturated heterocycles. The molecular formula is C10H13NO2. The van der Waals surface area contributed by atoms with E-state index < -0.39 is 0 Å². The second kappa shape index (κ2) is 3.75. The molecule has 0 saturated carbocycles. The van der Waals surface area contributed by atoms with Crippen molar-refractivity contribution in [3.8, 4) is 5.75 Å². The van der Waals surface area contributed by atoms with Crippen molar-refractivity contribution in [3.05, 3.63) is 24.0 Å². The number of aromatic nitrogens is 1. The van der Waals surface area contributed by atoms with Crippen LogP contribution in [0.15, 0.2) is 18.5 Å². The molecule has 70 valence electrons. The Morgan fingerprint density at radius 1 is 1.62 bits per heavy atom. The summed E-state index contributed by atoms with van der Waals surface area (Å²) in [5.74, 6) is 0.828. The zero-order valence-corrected chi connectivity index (χ0v) is 7.69. The predicted octanol–water partition coefficient (Wildman–Crippen LogP) is 1.91.